The van der Waals surface area contributed by atoms with Crippen LogP contribution in [-0.4, -0.2) is 42.9 Å². The number of hydrogen-bond donors (Lipinski definition) is 3. The molecule has 0 unspecified atom stereocenters. The van der Waals surface area contributed by atoms with Gasteiger partial charge >= 0.3 is 5.97 Å². The Morgan fingerprint density at radius 1 is 1.15 bits per heavy atom. The fourth-order valence-electron chi connectivity index (χ4n) is 3.51. The Labute approximate surface area is 150 Å². The molecule has 0 radical (unpaired) electrons. The van der Waals surface area contributed by atoms with Crippen molar-refractivity contribution in [3.05, 3.63) is 48.3 Å². The lowest BCUT2D eigenvalue weighted by molar-refractivity contribution is 0.0699. The van der Waals surface area contributed by atoms with E-state index in [-0.39, 0.29) is 17.7 Å². The average molecular weight is 352 g/mol. The number of fused-ring (bicyclic) bond motifs is 1. The van der Waals surface area contributed by atoms with Crippen molar-refractivity contribution in [3.8, 4) is 5.82 Å². The number of aliphatic hydroxyl groups excluding tert-OH is 1. The number of aliphatic hydroxyl groups is 1. The number of nitrogens with one attached hydrogen (secondary N) is 1. The molecule has 0 bridgehead atoms. The van der Waals surface area contributed by atoms with Gasteiger partial charge in [0.1, 0.15) is 5.82 Å². The van der Waals surface area contributed by atoms with Gasteiger partial charge in [-0.05, 0) is 49.9 Å². The summed E-state index contributed by atoms with van der Waals surface area (Å²) in [6, 6.07) is 9.04. The van der Waals surface area contributed by atoms with Gasteiger partial charge in [-0.1, -0.05) is 6.07 Å². The second-order valence-corrected chi connectivity index (χ2v) is 6.62. The Morgan fingerprint density at radius 3 is 2.73 bits per heavy atom. The number of rotatable bonds is 4. The summed E-state index contributed by atoms with van der Waals surface area (Å²) in [5, 5.41) is 23.0. The smallest absolute Gasteiger partial charge is 0.336 e. The fraction of sp³-hybridized carbons (Fsp3) is 0.316. The van der Waals surface area contributed by atoms with E-state index in [0.29, 0.717) is 17.2 Å². The number of carboxylic acid groups (broad SMARTS) is 1. The summed E-state index contributed by atoms with van der Waals surface area (Å²) in [4.78, 5) is 20.3. The maximum atomic E-state index is 11.4. The predicted octanol–water partition coefficient (Wildman–Crippen LogP) is 2.83. The Bertz CT molecular complexity index is 945. The molecule has 1 saturated carbocycles. The minimum Gasteiger partial charge on any atom is -0.478 e. The van der Waals surface area contributed by atoms with Crippen LogP contribution in [0.4, 0.5) is 5.95 Å². The maximum absolute atomic E-state index is 11.4. The van der Waals surface area contributed by atoms with Crippen molar-refractivity contribution in [2.45, 2.75) is 37.8 Å². The van der Waals surface area contributed by atoms with Crippen LogP contribution < -0.4 is 5.32 Å². The zero-order chi connectivity index (χ0) is 18.1. The van der Waals surface area contributed by atoms with Crippen molar-refractivity contribution in [1.29, 1.82) is 0 Å². The fourth-order valence-corrected chi connectivity index (χ4v) is 3.51. The Balaban J connectivity index is 1.64. The molecule has 2 aromatic heterocycles. The van der Waals surface area contributed by atoms with Gasteiger partial charge in [-0.3, -0.25) is 0 Å². The number of carboxylic acids is 1. The molecule has 3 aromatic rings. The SMILES string of the molecule is O=C(O)c1cccc2c1ccn2-c1ccnc(N[C@H]2CC[C@H](O)CC2)n1. The third kappa shape index (κ3) is 3.13. The third-order valence-corrected chi connectivity index (χ3v) is 4.88. The van der Waals surface area contributed by atoms with Gasteiger partial charge < -0.3 is 20.1 Å². The van der Waals surface area contributed by atoms with Crippen LogP contribution in [0, 0.1) is 0 Å². The molecule has 0 saturated heterocycles. The molecule has 0 aliphatic heterocycles. The van der Waals surface area contributed by atoms with Gasteiger partial charge in [0.05, 0.1) is 17.2 Å². The highest BCUT2D eigenvalue weighted by molar-refractivity contribution is 6.03. The first-order valence-electron chi connectivity index (χ1n) is 8.73. The van der Waals surface area contributed by atoms with E-state index < -0.39 is 5.97 Å². The van der Waals surface area contributed by atoms with E-state index in [1.165, 1.54) is 0 Å². The van der Waals surface area contributed by atoms with Crippen molar-refractivity contribution in [2.24, 2.45) is 0 Å². The van der Waals surface area contributed by atoms with Gasteiger partial charge in [-0.2, -0.15) is 4.98 Å². The van der Waals surface area contributed by atoms with Crippen molar-refractivity contribution in [1.82, 2.24) is 14.5 Å². The summed E-state index contributed by atoms with van der Waals surface area (Å²) in [5.41, 5.74) is 1.06. The van der Waals surface area contributed by atoms with Crippen LogP contribution in [-0.2, 0) is 0 Å². The molecule has 7 heteroatoms. The molecule has 4 rings (SSSR count). The molecular formula is C19H20N4O3. The summed E-state index contributed by atoms with van der Waals surface area (Å²) in [7, 11) is 0. The molecule has 1 aliphatic carbocycles. The number of anilines is 1. The third-order valence-electron chi connectivity index (χ3n) is 4.88. The second-order valence-electron chi connectivity index (χ2n) is 6.62. The molecule has 26 heavy (non-hydrogen) atoms. The summed E-state index contributed by atoms with van der Waals surface area (Å²) >= 11 is 0. The Morgan fingerprint density at radius 2 is 1.96 bits per heavy atom. The van der Waals surface area contributed by atoms with Gasteiger partial charge in [0.25, 0.3) is 0 Å². The number of carbonyl (C=O) groups is 1. The van der Waals surface area contributed by atoms with E-state index in [9.17, 15) is 15.0 Å². The van der Waals surface area contributed by atoms with E-state index in [0.717, 1.165) is 31.2 Å². The van der Waals surface area contributed by atoms with Gasteiger partial charge in [0, 0.05) is 23.8 Å². The first kappa shape index (κ1) is 16.5. The summed E-state index contributed by atoms with van der Waals surface area (Å²) in [6.07, 6.45) is 6.67. The van der Waals surface area contributed by atoms with Crippen LogP contribution in [0.2, 0.25) is 0 Å². The van der Waals surface area contributed by atoms with Crippen LogP contribution in [0.25, 0.3) is 16.7 Å². The number of hydrogen-bond acceptors (Lipinski definition) is 5. The molecule has 2 heterocycles. The van der Waals surface area contributed by atoms with Crippen molar-refractivity contribution in [2.75, 3.05) is 5.32 Å². The molecule has 3 N–H and O–H groups in total. The van der Waals surface area contributed by atoms with Gasteiger partial charge in [-0.15, -0.1) is 0 Å². The number of aromatic nitrogens is 3. The Kier molecular flexibility index (Phi) is 4.30. The predicted molar refractivity (Wildman–Crippen MR) is 97.7 cm³/mol. The first-order chi connectivity index (χ1) is 12.6. The lowest BCUT2D eigenvalue weighted by atomic mass is 9.93. The molecule has 134 valence electrons. The summed E-state index contributed by atoms with van der Waals surface area (Å²) < 4.78 is 1.86. The molecule has 0 amide bonds. The van der Waals surface area contributed by atoms with Crippen molar-refractivity contribution < 1.29 is 15.0 Å². The molecule has 1 fully saturated rings. The molecule has 1 aromatic carbocycles. The minimum absolute atomic E-state index is 0.199. The molecule has 1 aliphatic rings. The molecule has 0 spiro atoms. The molecular weight excluding hydrogens is 332 g/mol. The zero-order valence-corrected chi connectivity index (χ0v) is 14.2. The Hall–Kier alpha value is -2.93. The van der Waals surface area contributed by atoms with Crippen LogP contribution in [0.5, 0.6) is 0 Å². The average Bonchev–Trinajstić information content (AvgIpc) is 3.08. The van der Waals surface area contributed by atoms with Gasteiger partial charge in [0.15, 0.2) is 0 Å². The van der Waals surface area contributed by atoms with E-state index >= 15 is 0 Å². The van der Waals surface area contributed by atoms with E-state index in [4.69, 9.17) is 0 Å². The highest BCUT2D eigenvalue weighted by Crippen LogP contribution is 2.24. The van der Waals surface area contributed by atoms with Crippen LogP contribution in [0.1, 0.15) is 36.0 Å². The lowest BCUT2D eigenvalue weighted by Crippen LogP contribution is -2.29. The van der Waals surface area contributed by atoms with E-state index in [1.54, 1.807) is 30.5 Å². The highest BCUT2D eigenvalue weighted by atomic mass is 16.4. The van der Waals surface area contributed by atoms with Crippen LogP contribution >= 0.6 is 0 Å². The highest BCUT2D eigenvalue weighted by Gasteiger charge is 2.20. The first-order valence-corrected chi connectivity index (χ1v) is 8.73. The standard InChI is InChI=1S/C19H20N4O3/c24-13-6-4-12(5-7-13)21-19-20-10-8-17(22-19)23-11-9-14-15(18(25)26)2-1-3-16(14)23/h1-3,8-13,24H,4-7H2,(H,25,26)(H,20,21,22)/t12-,13-. The van der Waals surface area contributed by atoms with Crippen LogP contribution in [0.3, 0.4) is 0 Å². The maximum Gasteiger partial charge on any atom is 0.336 e. The van der Waals surface area contributed by atoms with Gasteiger partial charge in [0.2, 0.25) is 5.95 Å². The summed E-state index contributed by atoms with van der Waals surface area (Å²) in [5.74, 6) is 0.272. The topological polar surface area (TPSA) is 100 Å². The quantitative estimate of drug-likeness (QED) is 0.668. The molecule has 0 atom stereocenters. The van der Waals surface area contributed by atoms with E-state index in [2.05, 4.69) is 15.3 Å². The van der Waals surface area contributed by atoms with Crippen LogP contribution in [0.15, 0.2) is 42.7 Å². The summed E-state index contributed by atoms with van der Waals surface area (Å²) in [6.45, 7) is 0. The number of aromatic carboxylic acids is 1. The number of benzene rings is 1. The monoisotopic (exact) mass is 352 g/mol. The molecule has 7 nitrogen and oxygen atoms in total. The van der Waals surface area contributed by atoms with Crippen molar-refractivity contribution in [3.63, 3.8) is 0 Å². The normalized spacial score (nSPS) is 20.2. The van der Waals surface area contributed by atoms with E-state index in [1.807, 2.05) is 16.8 Å². The second kappa shape index (κ2) is 6.76. The van der Waals surface area contributed by atoms with Crippen molar-refractivity contribution >= 4 is 22.8 Å². The zero-order valence-electron chi connectivity index (χ0n) is 14.2. The lowest BCUT2D eigenvalue weighted by Gasteiger charge is -2.26. The number of nitrogens with zero attached hydrogens (tertiary/aromatic N) is 3. The van der Waals surface area contributed by atoms with Gasteiger partial charge in [-0.25, -0.2) is 9.78 Å². The minimum atomic E-state index is -0.946. The largest absolute Gasteiger partial charge is 0.478 e.